The molecule has 6 heteroatoms. The summed E-state index contributed by atoms with van der Waals surface area (Å²) in [7, 11) is 0. The molecular formula is C18H19F3N2O. The monoisotopic (exact) mass is 336 g/mol. The number of hydrogen-bond acceptors (Lipinski definition) is 2. The topological polar surface area (TPSA) is 45.2 Å². The molecule has 0 bridgehead atoms. The van der Waals surface area contributed by atoms with E-state index < -0.39 is 17.3 Å². The molecule has 1 aromatic heterocycles. The van der Waals surface area contributed by atoms with Crippen LogP contribution in [-0.2, 0) is 6.18 Å². The van der Waals surface area contributed by atoms with Gasteiger partial charge in [0.05, 0.1) is 11.3 Å². The third-order valence-electron chi connectivity index (χ3n) is 3.55. The summed E-state index contributed by atoms with van der Waals surface area (Å²) in [6.07, 6.45) is -4.64. The highest BCUT2D eigenvalue weighted by Crippen LogP contribution is 2.35. The second-order valence-electron chi connectivity index (χ2n) is 5.68. The molecule has 1 N–H and O–H groups in total. The second-order valence-corrected chi connectivity index (χ2v) is 5.68. The maximum Gasteiger partial charge on any atom is 0.417 e. The number of alkyl halides is 3. The van der Waals surface area contributed by atoms with Crippen molar-refractivity contribution < 1.29 is 13.2 Å². The summed E-state index contributed by atoms with van der Waals surface area (Å²) in [5, 5.41) is 0. The number of nitrogens with zero attached hydrogens (tertiary/aromatic N) is 1. The van der Waals surface area contributed by atoms with E-state index in [9.17, 15) is 18.0 Å². The molecule has 0 unspecified atom stereocenters. The number of nitrogens with one attached hydrogen (secondary N) is 1. The molecule has 0 aliphatic rings. The van der Waals surface area contributed by atoms with Crippen LogP contribution in [0.2, 0.25) is 0 Å². The van der Waals surface area contributed by atoms with Crippen molar-refractivity contribution in [2.75, 3.05) is 6.54 Å². The molecule has 0 radical (unpaired) electrons. The van der Waals surface area contributed by atoms with Crippen molar-refractivity contribution in [1.29, 1.82) is 0 Å². The van der Waals surface area contributed by atoms with E-state index in [-0.39, 0.29) is 22.9 Å². The predicted molar refractivity (Wildman–Crippen MR) is 88.8 cm³/mol. The Morgan fingerprint density at radius 3 is 2.33 bits per heavy atom. The highest BCUT2D eigenvalue weighted by molar-refractivity contribution is 6.14. The van der Waals surface area contributed by atoms with Gasteiger partial charge in [-0.2, -0.15) is 13.2 Å². The predicted octanol–water partition coefficient (Wildman–Crippen LogP) is 4.37. The minimum Gasteiger partial charge on any atom is -0.325 e. The zero-order valence-electron chi connectivity index (χ0n) is 13.7. The van der Waals surface area contributed by atoms with E-state index in [1.54, 1.807) is 51.1 Å². The van der Waals surface area contributed by atoms with Crippen molar-refractivity contribution in [3.05, 3.63) is 69.1 Å². The van der Waals surface area contributed by atoms with E-state index in [1.165, 1.54) is 0 Å². The number of H-pyrrole nitrogens is 1. The van der Waals surface area contributed by atoms with Crippen LogP contribution in [0.1, 0.15) is 49.1 Å². The number of pyridine rings is 1. The third kappa shape index (κ3) is 3.75. The van der Waals surface area contributed by atoms with Gasteiger partial charge in [0.15, 0.2) is 0 Å². The molecule has 0 fully saturated rings. The van der Waals surface area contributed by atoms with Crippen molar-refractivity contribution >= 4 is 5.71 Å². The van der Waals surface area contributed by atoms with Crippen LogP contribution in [0.3, 0.4) is 0 Å². The number of aromatic amines is 1. The van der Waals surface area contributed by atoms with Crippen LogP contribution >= 0.6 is 0 Å². The standard InChI is InChI=1S/C18H19F3N2O/c1-4-22-17(12-8-6-5-7-9-12)15-13(18(19,20)21)10-14(24)23-16(15)11(2)3/h5-11H,4H2,1-3H3,(H,23,24). The molecule has 0 saturated heterocycles. The Labute approximate surface area is 138 Å². The van der Waals surface area contributed by atoms with Crippen LogP contribution in [0.5, 0.6) is 0 Å². The lowest BCUT2D eigenvalue weighted by molar-refractivity contribution is -0.137. The number of halogens is 3. The first-order chi connectivity index (χ1) is 11.3. The fourth-order valence-corrected chi connectivity index (χ4v) is 2.56. The fourth-order valence-electron chi connectivity index (χ4n) is 2.56. The van der Waals surface area contributed by atoms with Crippen molar-refractivity contribution in [2.45, 2.75) is 32.9 Å². The summed E-state index contributed by atoms with van der Waals surface area (Å²) in [6, 6.07) is 9.31. The Balaban J connectivity index is 2.88. The number of aliphatic imine (C=N–C) groups is 1. The van der Waals surface area contributed by atoms with Gasteiger partial charge in [-0.05, 0) is 12.8 Å². The average Bonchev–Trinajstić information content (AvgIpc) is 2.52. The molecule has 128 valence electrons. The number of benzene rings is 1. The van der Waals surface area contributed by atoms with Crippen LogP contribution in [0.25, 0.3) is 0 Å². The Kier molecular flexibility index (Phi) is 5.26. The minimum absolute atomic E-state index is 0.0508. The molecule has 2 rings (SSSR count). The molecule has 1 heterocycles. The Bertz CT molecular complexity index is 790. The molecule has 0 aliphatic heterocycles. The Hall–Kier alpha value is -2.37. The second kappa shape index (κ2) is 7.03. The molecule has 2 aromatic rings. The van der Waals surface area contributed by atoms with Gasteiger partial charge in [-0.25, -0.2) is 0 Å². The maximum atomic E-state index is 13.6. The number of hydrogen-bond donors (Lipinski definition) is 1. The molecule has 1 aromatic carbocycles. The fraction of sp³-hybridized carbons (Fsp3) is 0.333. The molecule has 0 spiro atoms. The number of aromatic nitrogens is 1. The molecule has 0 amide bonds. The summed E-state index contributed by atoms with van der Waals surface area (Å²) < 4.78 is 40.7. The summed E-state index contributed by atoms with van der Waals surface area (Å²) in [5.41, 5.74) is -0.704. The van der Waals surface area contributed by atoms with E-state index in [2.05, 4.69) is 9.98 Å². The zero-order valence-corrected chi connectivity index (χ0v) is 13.7. The highest BCUT2D eigenvalue weighted by atomic mass is 19.4. The molecule has 0 saturated carbocycles. The van der Waals surface area contributed by atoms with Gasteiger partial charge >= 0.3 is 6.18 Å². The van der Waals surface area contributed by atoms with Gasteiger partial charge in [-0.1, -0.05) is 44.2 Å². The smallest absolute Gasteiger partial charge is 0.325 e. The van der Waals surface area contributed by atoms with Crippen LogP contribution in [0.15, 0.2) is 46.2 Å². The Morgan fingerprint density at radius 1 is 1.21 bits per heavy atom. The lowest BCUT2D eigenvalue weighted by Crippen LogP contribution is -2.24. The molecule has 0 atom stereocenters. The summed E-state index contributed by atoms with van der Waals surface area (Å²) in [5.74, 6) is -0.291. The maximum absolute atomic E-state index is 13.6. The van der Waals surface area contributed by atoms with Gasteiger partial charge in [0.1, 0.15) is 0 Å². The first kappa shape index (κ1) is 18.0. The first-order valence-corrected chi connectivity index (χ1v) is 7.70. The van der Waals surface area contributed by atoms with E-state index in [0.717, 1.165) is 0 Å². The van der Waals surface area contributed by atoms with Gasteiger partial charge in [0.25, 0.3) is 0 Å². The van der Waals surface area contributed by atoms with Crippen molar-refractivity contribution in [3.8, 4) is 0 Å². The quantitative estimate of drug-likeness (QED) is 0.828. The average molecular weight is 336 g/mol. The zero-order chi connectivity index (χ0) is 17.9. The van der Waals surface area contributed by atoms with Crippen LogP contribution in [0, 0.1) is 0 Å². The first-order valence-electron chi connectivity index (χ1n) is 7.70. The molecule has 24 heavy (non-hydrogen) atoms. The Morgan fingerprint density at radius 2 is 1.83 bits per heavy atom. The highest BCUT2D eigenvalue weighted by Gasteiger charge is 2.37. The molecule has 0 aliphatic carbocycles. The SMILES string of the molecule is CCN=C(c1ccccc1)c1c(C(F)(F)F)cc(=O)[nH]c1C(C)C. The van der Waals surface area contributed by atoms with Crippen molar-refractivity contribution in [2.24, 2.45) is 4.99 Å². The minimum atomic E-state index is -4.64. The summed E-state index contributed by atoms with van der Waals surface area (Å²) >= 11 is 0. The normalized spacial score (nSPS) is 12.7. The van der Waals surface area contributed by atoms with E-state index in [4.69, 9.17) is 0 Å². The lowest BCUT2D eigenvalue weighted by atomic mass is 9.91. The lowest BCUT2D eigenvalue weighted by Gasteiger charge is -2.20. The van der Waals surface area contributed by atoms with E-state index in [1.807, 2.05) is 0 Å². The summed E-state index contributed by atoms with van der Waals surface area (Å²) in [6.45, 7) is 5.57. The van der Waals surface area contributed by atoms with Gasteiger partial charge in [-0.3, -0.25) is 9.79 Å². The van der Waals surface area contributed by atoms with Crippen LogP contribution < -0.4 is 5.56 Å². The van der Waals surface area contributed by atoms with Gasteiger partial charge < -0.3 is 4.98 Å². The van der Waals surface area contributed by atoms with E-state index >= 15 is 0 Å². The van der Waals surface area contributed by atoms with Crippen LogP contribution in [-0.4, -0.2) is 17.2 Å². The molecule has 3 nitrogen and oxygen atoms in total. The molecular weight excluding hydrogens is 317 g/mol. The summed E-state index contributed by atoms with van der Waals surface area (Å²) in [4.78, 5) is 18.6. The van der Waals surface area contributed by atoms with Gasteiger partial charge in [0, 0.05) is 29.4 Å². The largest absolute Gasteiger partial charge is 0.417 e. The van der Waals surface area contributed by atoms with Crippen LogP contribution in [0.4, 0.5) is 13.2 Å². The van der Waals surface area contributed by atoms with E-state index in [0.29, 0.717) is 18.2 Å². The van der Waals surface area contributed by atoms with Crippen molar-refractivity contribution in [3.63, 3.8) is 0 Å². The van der Waals surface area contributed by atoms with Gasteiger partial charge in [0.2, 0.25) is 5.56 Å². The van der Waals surface area contributed by atoms with Crippen molar-refractivity contribution in [1.82, 2.24) is 4.98 Å². The number of rotatable bonds is 4. The van der Waals surface area contributed by atoms with Gasteiger partial charge in [-0.15, -0.1) is 0 Å². The third-order valence-corrected chi connectivity index (χ3v) is 3.55.